The van der Waals surface area contributed by atoms with E-state index in [9.17, 15) is 18.6 Å². The van der Waals surface area contributed by atoms with E-state index in [1.807, 2.05) is 6.92 Å². The maximum atomic E-state index is 13.2. The van der Waals surface area contributed by atoms with E-state index >= 15 is 0 Å². The maximum Gasteiger partial charge on any atom is 0.206 e. The normalized spacial score (nSPS) is 21.5. The number of anilines is 3. The van der Waals surface area contributed by atoms with Crippen molar-refractivity contribution < 1.29 is 18.6 Å². The summed E-state index contributed by atoms with van der Waals surface area (Å²) < 4.78 is 26.3. The van der Waals surface area contributed by atoms with Gasteiger partial charge in [0.1, 0.15) is 11.6 Å². The van der Waals surface area contributed by atoms with Gasteiger partial charge in [0.25, 0.3) is 0 Å². The first-order chi connectivity index (χ1) is 14.3. The van der Waals surface area contributed by atoms with E-state index in [0.29, 0.717) is 30.3 Å². The number of H-pyrrole nitrogens is 1. The van der Waals surface area contributed by atoms with Crippen molar-refractivity contribution in [2.45, 2.75) is 47.8 Å². The number of sulfone groups is 1. The minimum Gasteiger partial charge on any atom is -0.390 e. The minimum absolute atomic E-state index is 0.0695. The minimum atomic E-state index is -3.77. The second-order valence-electron chi connectivity index (χ2n) is 7.40. The molecule has 0 saturated heterocycles. The van der Waals surface area contributed by atoms with Gasteiger partial charge in [0.15, 0.2) is 5.82 Å². The van der Waals surface area contributed by atoms with Crippen molar-refractivity contribution in [1.82, 2.24) is 15.2 Å². The molecular formula is C20H23N5O4S. The Morgan fingerprint density at radius 1 is 0.967 bits per heavy atom. The summed E-state index contributed by atoms with van der Waals surface area (Å²) in [6, 6.07) is 12.6. The zero-order chi connectivity index (χ0) is 21.3. The molecule has 9 nitrogen and oxygen atoms in total. The number of aromatic nitrogens is 3. The largest absolute Gasteiger partial charge is 0.390 e. The Balaban J connectivity index is 1.70. The van der Waals surface area contributed by atoms with Gasteiger partial charge in [-0.3, -0.25) is 5.10 Å². The second kappa shape index (κ2) is 8.05. The van der Waals surface area contributed by atoms with E-state index in [-0.39, 0.29) is 15.8 Å². The molecule has 158 valence electrons. The van der Waals surface area contributed by atoms with Crippen LogP contribution in [-0.4, -0.2) is 52.1 Å². The average molecular weight is 430 g/mol. The Bertz CT molecular complexity index is 1120. The van der Waals surface area contributed by atoms with E-state index < -0.39 is 22.0 Å². The molecule has 0 spiro atoms. The van der Waals surface area contributed by atoms with Gasteiger partial charge in [-0.25, -0.2) is 13.4 Å². The molecule has 1 fully saturated rings. The van der Waals surface area contributed by atoms with Gasteiger partial charge in [0.2, 0.25) is 9.84 Å². The maximum absolute atomic E-state index is 13.2. The quantitative estimate of drug-likeness (QED) is 0.401. The van der Waals surface area contributed by atoms with Crippen LogP contribution in [0.1, 0.15) is 18.5 Å². The van der Waals surface area contributed by atoms with Crippen molar-refractivity contribution >= 4 is 27.3 Å². The number of nitrogens with one attached hydrogen (secondary N) is 3. The third-order valence-electron chi connectivity index (χ3n) is 4.97. The Morgan fingerprint density at radius 3 is 2.27 bits per heavy atom. The Hall–Kier alpha value is -2.95. The summed E-state index contributed by atoms with van der Waals surface area (Å²) in [6.07, 6.45) is -0.939. The summed E-state index contributed by atoms with van der Waals surface area (Å²) in [4.78, 5) is 4.70. The zero-order valence-corrected chi connectivity index (χ0v) is 17.1. The van der Waals surface area contributed by atoms with Gasteiger partial charge < -0.3 is 20.8 Å². The molecule has 10 heteroatoms. The van der Waals surface area contributed by atoms with Crippen LogP contribution in [0.4, 0.5) is 17.5 Å². The molecule has 0 bridgehead atoms. The number of aryl methyl sites for hydroxylation is 1. The summed E-state index contributed by atoms with van der Waals surface area (Å²) in [7, 11) is -3.77. The van der Waals surface area contributed by atoms with Gasteiger partial charge >= 0.3 is 0 Å². The van der Waals surface area contributed by atoms with Gasteiger partial charge in [-0.05, 0) is 38.0 Å². The van der Waals surface area contributed by atoms with E-state index in [2.05, 4.69) is 25.8 Å². The summed E-state index contributed by atoms with van der Waals surface area (Å²) in [5, 5.41) is 32.7. The lowest BCUT2D eigenvalue weighted by atomic mass is 10.2. The first kappa shape index (κ1) is 20.3. The Morgan fingerprint density at radius 2 is 1.63 bits per heavy atom. The van der Waals surface area contributed by atoms with Gasteiger partial charge in [0.05, 0.1) is 22.0 Å². The summed E-state index contributed by atoms with van der Waals surface area (Å²) >= 11 is 0. The van der Waals surface area contributed by atoms with Gasteiger partial charge in [0, 0.05) is 23.9 Å². The third-order valence-corrected chi connectivity index (χ3v) is 6.72. The fourth-order valence-corrected chi connectivity index (χ4v) is 4.79. The standard InChI is InChI=1S/C20H23N5O4S/c1-12-7-20(25-24-12)23-19-11-15(30(28,29)14-5-3-2-4-6-14)10-18(22-19)21-13-8-16(26)17(27)9-13/h2-7,10-11,13,16-17,26-27H,8-9H2,1H3,(H3,21,22,23,24,25)/t13?,16-,17+. The van der Waals surface area contributed by atoms with Crippen LogP contribution in [0.15, 0.2) is 58.3 Å². The molecule has 4 rings (SSSR count). The van der Waals surface area contributed by atoms with Crippen LogP contribution in [0, 0.1) is 6.92 Å². The lowest BCUT2D eigenvalue weighted by Gasteiger charge is -2.16. The molecule has 1 aliphatic carbocycles. The number of hydrogen-bond acceptors (Lipinski definition) is 8. The fraction of sp³-hybridized carbons (Fsp3) is 0.300. The van der Waals surface area contributed by atoms with Crippen LogP contribution >= 0.6 is 0 Å². The molecule has 1 aromatic carbocycles. The highest BCUT2D eigenvalue weighted by Gasteiger charge is 2.32. The molecule has 2 aromatic heterocycles. The van der Waals surface area contributed by atoms with Crippen LogP contribution in [0.5, 0.6) is 0 Å². The SMILES string of the molecule is Cc1cc(Nc2cc(S(=O)(=O)c3ccccc3)cc(NC3C[C@@H](O)[C@@H](O)C3)n2)n[nH]1. The molecule has 1 unspecified atom stereocenters. The van der Waals surface area contributed by atoms with Crippen molar-refractivity contribution in [1.29, 1.82) is 0 Å². The molecule has 5 N–H and O–H groups in total. The molecule has 0 aliphatic heterocycles. The highest BCUT2D eigenvalue weighted by atomic mass is 32.2. The van der Waals surface area contributed by atoms with Crippen LogP contribution < -0.4 is 10.6 Å². The predicted molar refractivity (Wildman–Crippen MR) is 111 cm³/mol. The van der Waals surface area contributed by atoms with Crippen molar-refractivity contribution in [3.05, 3.63) is 54.2 Å². The van der Waals surface area contributed by atoms with Crippen molar-refractivity contribution in [3.8, 4) is 0 Å². The Labute approximate surface area is 174 Å². The van der Waals surface area contributed by atoms with Crippen molar-refractivity contribution in [3.63, 3.8) is 0 Å². The molecule has 1 saturated carbocycles. The van der Waals surface area contributed by atoms with Crippen LogP contribution in [-0.2, 0) is 9.84 Å². The highest BCUT2D eigenvalue weighted by molar-refractivity contribution is 7.91. The molecular weight excluding hydrogens is 406 g/mol. The summed E-state index contributed by atoms with van der Waals surface area (Å²) in [6.45, 7) is 1.85. The first-order valence-electron chi connectivity index (χ1n) is 9.55. The van der Waals surface area contributed by atoms with Crippen LogP contribution in [0.25, 0.3) is 0 Å². The second-order valence-corrected chi connectivity index (χ2v) is 9.35. The number of aromatic amines is 1. The van der Waals surface area contributed by atoms with Crippen LogP contribution in [0.3, 0.4) is 0 Å². The Kier molecular flexibility index (Phi) is 5.46. The summed E-state index contributed by atoms with van der Waals surface area (Å²) in [5.74, 6) is 1.14. The van der Waals surface area contributed by atoms with Gasteiger partial charge in [-0.15, -0.1) is 0 Å². The molecule has 0 amide bonds. The molecule has 30 heavy (non-hydrogen) atoms. The number of aliphatic hydroxyl groups is 2. The molecule has 3 aromatic rings. The number of benzene rings is 1. The first-order valence-corrected chi connectivity index (χ1v) is 11.0. The predicted octanol–water partition coefficient (Wildman–Crippen LogP) is 1.99. The van der Waals surface area contributed by atoms with E-state index in [0.717, 1.165) is 5.69 Å². The molecule has 0 radical (unpaired) electrons. The monoisotopic (exact) mass is 429 g/mol. The number of aliphatic hydroxyl groups excluding tert-OH is 2. The molecule has 1 aliphatic rings. The van der Waals surface area contributed by atoms with Crippen molar-refractivity contribution in [2.75, 3.05) is 10.6 Å². The lowest BCUT2D eigenvalue weighted by Crippen LogP contribution is -2.18. The smallest absolute Gasteiger partial charge is 0.206 e. The topological polar surface area (TPSA) is 140 Å². The van der Waals surface area contributed by atoms with E-state index in [1.165, 1.54) is 24.3 Å². The zero-order valence-electron chi connectivity index (χ0n) is 16.3. The third kappa shape index (κ3) is 4.30. The fourth-order valence-electron chi connectivity index (χ4n) is 3.47. The van der Waals surface area contributed by atoms with Gasteiger partial charge in [-0.1, -0.05) is 18.2 Å². The average Bonchev–Trinajstić information content (AvgIpc) is 3.26. The number of nitrogens with zero attached hydrogens (tertiary/aromatic N) is 2. The lowest BCUT2D eigenvalue weighted by molar-refractivity contribution is 0.0438. The van der Waals surface area contributed by atoms with Crippen molar-refractivity contribution in [2.24, 2.45) is 0 Å². The summed E-state index contributed by atoms with van der Waals surface area (Å²) in [5.41, 5.74) is 0.845. The highest BCUT2D eigenvalue weighted by Crippen LogP contribution is 2.29. The number of rotatable bonds is 6. The number of hydrogen-bond donors (Lipinski definition) is 5. The van der Waals surface area contributed by atoms with E-state index in [4.69, 9.17) is 0 Å². The molecule has 2 heterocycles. The number of pyridine rings is 1. The van der Waals surface area contributed by atoms with E-state index in [1.54, 1.807) is 24.3 Å². The molecule has 3 atom stereocenters. The van der Waals surface area contributed by atoms with Gasteiger partial charge in [-0.2, -0.15) is 5.10 Å². The van der Waals surface area contributed by atoms with Crippen LogP contribution in [0.2, 0.25) is 0 Å².